The van der Waals surface area contributed by atoms with Crippen molar-refractivity contribution >= 4 is 7.82 Å². The molecule has 4 fully saturated rings. The summed E-state index contributed by atoms with van der Waals surface area (Å²) in [5.41, 5.74) is 10.4. The van der Waals surface area contributed by atoms with Gasteiger partial charge in [0.1, 0.15) is 12.8 Å². The van der Waals surface area contributed by atoms with Gasteiger partial charge in [-0.15, -0.1) is 0 Å². The Morgan fingerprint density at radius 1 is 1.13 bits per heavy atom. The molecule has 0 amide bonds. The summed E-state index contributed by atoms with van der Waals surface area (Å²) in [6.45, 7) is 19.0. The second kappa shape index (κ2) is 16.8. The van der Waals surface area contributed by atoms with Crippen molar-refractivity contribution in [2.75, 3.05) is 19.8 Å². The minimum absolute atomic E-state index is 0.0673. The monoisotopic (exact) mass is 769 g/mol. The van der Waals surface area contributed by atoms with Gasteiger partial charge in [0.25, 0.3) is 18.7 Å². The molecule has 1 aromatic rings. The fourth-order valence-electron chi connectivity index (χ4n) is 11.4. The second-order valence-electron chi connectivity index (χ2n) is 17.9. The number of azide groups is 1. The van der Waals surface area contributed by atoms with Crippen molar-refractivity contribution in [2.24, 2.45) is 51.5 Å². The number of rotatable bonds is 15. The van der Waals surface area contributed by atoms with Crippen molar-refractivity contribution in [3.63, 3.8) is 0 Å². The van der Waals surface area contributed by atoms with E-state index < -0.39 is 37.4 Å². The number of nitrogens with one attached hydrogen (secondary N) is 1. The molecule has 14 heteroatoms. The fraction of sp³-hybridized carbons (Fsp3) is 0.825. The lowest BCUT2D eigenvalue weighted by Gasteiger charge is -2.58. The summed E-state index contributed by atoms with van der Waals surface area (Å²) in [5, 5.41) is 3.86. The molecule has 6 rings (SSSR count). The third-order valence-corrected chi connectivity index (χ3v) is 15.8. The Labute approximate surface area is 320 Å². The van der Waals surface area contributed by atoms with E-state index in [0.29, 0.717) is 29.2 Å². The molecule has 5 unspecified atom stereocenters. The molecule has 54 heavy (non-hydrogen) atoms. The van der Waals surface area contributed by atoms with E-state index in [0.717, 1.165) is 42.9 Å². The number of aryl methyl sites for hydroxylation is 1. The number of aromatic amines is 1. The zero-order chi connectivity index (χ0) is 38.8. The highest BCUT2D eigenvalue weighted by Gasteiger charge is 2.59. The van der Waals surface area contributed by atoms with E-state index in [1.54, 1.807) is 6.92 Å². The van der Waals surface area contributed by atoms with Crippen LogP contribution in [0.5, 0.6) is 0 Å². The molecule has 1 aromatic heterocycles. The first-order valence-corrected chi connectivity index (χ1v) is 21.8. The maximum Gasteiger partial charge on any atom is 0.475 e. The van der Waals surface area contributed by atoms with Gasteiger partial charge in [0.05, 0.1) is 24.9 Å². The van der Waals surface area contributed by atoms with E-state index >= 15 is 0 Å². The van der Waals surface area contributed by atoms with Gasteiger partial charge in [-0.3, -0.25) is 27.9 Å². The molecule has 0 spiro atoms. The van der Waals surface area contributed by atoms with Crippen molar-refractivity contribution in [1.29, 1.82) is 0 Å². The minimum atomic E-state index is -4.16. The molecule has 4 aliphatic carbocycles. The van der Waals surface area contributed by atoms with E-state index in [1.165, 1.54) is 61.3 Å². The molecule has 0 bridgehead atoms. The van der Waals surface area contributed by atoms with Crippen molar-refractivity contribution in [3.8, 4) is 6.57 Å². The van der Waals surface area contributed by atoms with Gasteiger partial charge < -0.3 is 4.74 Å². The lowest BCUT2D eigenvalue weighted by molar-refractivity contribution is -0.0594. The Morgan fingerprint density at radius 2 is 1.93 bits per heavy atom. The standard InChI is InChI=1S/C40H61N6O7P/c1-25(2)9-8-10-26(3)31-13-14-32-30-12-11-28-21-29(15-17-39(28,5)33(30)16-18-40(31,32)6)53-54(49,50-20-19-42-7)51-24-35-34(44-45-41)22-36(52-35)46-23-27(4)37(47)43-38(46)48/h7,11,23,25-26,29-36H,8-10,12-22,24H2,1-6H3/p+1/t26?,29-,30-,31+,32-,33-,34?,35?,36?,39-,40+,54?/m0/s1. The van der Waals surface area contributed by atoms with E-state index in [1.807, 2.05) is 0 Å². The number of ether oxygens (including phenoxy) is 1. The van der Waals surface area contributed by atoms with Gasteiger partial charge in [0.2, 0.25) is 0 Å². The first-order valence-electron chi connectivity index (χ1n) is 20.4. The van der Waals surface area contributed by atoms with Gasteiger partial charge in [-0.1, -0.05) is 75.5 Å². The van der Waals surface area contributed by atoms with Gasteiger partial charge in [-0.2, -0.15) is 0 Å². The average molecular weight is 770 g/mol. The van der Waals surface area contributed by atoms with Crippen LogP contribution in [-0.4, -0.2) is 47.6 Å². The first-order chi connectivity index (χ1) is 25.7. The molecule has 1 saturated heterocycles. The van der Waals surface area contributed by atoms with Gasteiger partial charge in [0.15, 0.2) is 0 Å². The molecule has 5 aliphatic rings. The molecule has 3 saturated carbocycles. The molecule has 1 N–H and O–H groups in total. The molecular weight excluding hydrogens is 707 g/mol. The molecule has 0 radical (unpaired) electrons. The lowest BCUT2D eigenvalue weighted by Crippen LogP contribution is -2.51. The van der Waals surface area contributed by atoms with Crippen LogP contribution in [0.3, 0.4) is 0 Å². The van der Waals surface area contributed by atoms with Crippen molar-refractivity contribution in [2.45, 2.75) is 143 Å². The predicted octanol–water partition coefficient (Wildman–Crippen LogP) is 9.34. The Morgan fingerprint density at radius 3 is 2.67 bits per heavy atom. The third-order valence-electron chi connectivity index (χ3n) is 14.3. The number of nitrogens with zero attached hydrogens (tertiary/aromatic N) is 5. The Balaban J connectivity index is 1.12. The number of hydrogen-bond acceptors (Lipinski definition) is 8. The third kappa shape index (κ3) is 8.36. The van der Waals surface area contributed by atoms with Gasteiger partial charge in [0, 0.05) is 23.1 Å². The van der Waals surface area contributed by atoms with E-state index in [4.69, 9.17) is 24.9 Å². The van der Waals surface area contributed by atoms with Crippen molar-refractivity contribution < 1.29 is 22.9 Å². The first kappa shape index (κ1) is 40.9. The normalized spacial score (nSPS) is 36.2. The zero-order valence-corrected chi connectivity index (χ0v) is 34.0. The summed E-state index contributed by atoms with van der Waals surface area (Å²) < 4.78 is 39.5. The van der Waals surface area contributed by atoms with Crippen LogP contribution in [0.15, 0.2) is 32.5 Å². The zero-order valence-electron chi connectivity index (χ0n) is 33.2. The summed E-state index contributed by atoms with van der Waals surface area (Å²) in [6, 6.07) is -0.733. The summed E-state index contributed by atoms with van der Waals surface area (Å²) in [7, 11) is -4.16. The van der Waals surface area contributed by atoms with Gasteiger partial charge in [-0.05, 0) is 110 Å². The lowest BCUT2D eigenvalue weighted by atomic mass is 9.47. The van der Waals surface area contributed by atoms with Crippen molar-refractivity contribution in [3.05, 3.63) is 59.5 Å². The number of aromatic nitrogens is 2. The average Bonchev–Trinajstić information content (AvgIpc) is 3.69. The van der Waals surface area contributed by atoms with Crippen LogP contribution in [-0.2, 0) is 22.9 Å². The predicted molar refractivity (Wildman–Crippen MR) is 208 cm³/mol. The smallest absolute Gasteiger partial charge is 0.352 e. The maximum absolute atomic E-state index is 14.3. The molecule has 12 atom stereocenters. The number of phosphoric ester groups is 1. The quantitative estimate of drug-likeness (QED) is 0.0464. The van der Waals surface area contributed by atoms with E-state index in [9.17, 15) is 19.7 Å². The topological polar surface area (TPSA) is 162 Å². The largest absolute Gasteiger partial charge is 0.475 e. The number of fused-ring (bicyclic) bond motifs is 5. The van der Waals surface area contributed by atoms with Crippen molar-refractivity contribution in [1.82, 2.24) is 9.55 Å². The molecule has 2 heterocycles. The van der Waals surface area contributed by atoms with Crippen LogP contribution in [0.4, 0.5) is 0 Å². The van der Waals surface area contributed by atoms with Gasteiger partial charge >= 0.3 is 13.5 Å². The highest BCUT2D eigenvalue weighted by molar-refractivity contribution is 7.48. The highest BCUT2D eigenvalue weighted by Crippen LogP contribution is 2.68. The summed E-state index contributed by atoms with van der Waals surface area (Å²) >= 11 is 0. The summed E-state index contributed by atoms with van der Waals surface area (Å²) in [6.07, 6.45) is 14.7. The molecule has 0 aromatic carbocycles. The highest BCUT2D eigenvalue weighted by atomic mass is 31.2. The summed E-state index contributed by atoms with van der Waals surface area (Å²) in [4.78, 5) is 33.3. The van der Waals surface area contributed by atoms with Gasteiger partial charge in [-0.25, -0.2) is 9.36 Å². The number of phosphoric acid groups is 1. The Bertz CT molecular complexity index is 1800. The van der Waals surface area contributed by atoms with Crippen LogP contribution in [0.1, 0.15) is 123 Å². The van der Waals surface area contributed by atoms with Crippen LogP contribution in [0, 0.1) is 59.8 Å². The number of H-pyrrole nitrogens is 1. The molecule has 13 nitrogen and oxygen atoms in total. The molecular formula is C40H62N6O7P+. The minimum Gasteiger partial charge on any atom is -0.352 e. The van der Waals surface area contributed by atoms with Crippen LogP contribution >= 0.6 is 7.82 Å². The molecule has 1 aliphatic heterocycles. The molecule has 298 valence electrons. The van der Waals surface area contributed by atoms with E-state index in [-0.39, 0.29) is 37.7 Å². The second-order valence-corrected chi connectivity index (χ2v) is 19.5. The Hall–Kier alpha value is -2.71. The Kier molecular flexibility index (Phi) is 12.7. The van der Waals surface area contributed by atoms with Crippen LogP contribution in [0.2, 0.25) is 0 Å². The van der Waals surface area contributed by atoms with E-state index in [2.05, 4.69) is 60.5 Å². The number of hydrogen-bond donors (Lipinski definition) is 1. The SMILES string of the molecule is C#[N+]CCOP(=O)(OCC1OC(n2cc(C)c(=O)[nH]c2=O)CC1N=[N+]=[N-])O[C@H]1CC[C@@]2(C)C(=CC[C@H]3[C@@H]4CC[C@H](C(C)CCCC(C)C)[C@@]4(C)CC[C@@H]32)C1. The summed E-state index contributed by atoms with van der Waals surface area (Å²) in [5.74, 6) is 4.48. The maximum atomic E-state index is 14.3. The van der Waals surface area contributed by atoms with Crippen LogP contribution < -0.4 is 11.2 Å². The van der Waals surface area contributed by atoms with Crippen LogP contribution in [0.25, 0.3) is 15.3 Å². The number of allylic oxidation sites excluding steroid dienone is 1. The fourth-order valence-corrected chi connectivity index (χ4v) is 12.8.